The maximum Gasteiger partial charge on any atom is 0.285 e. The van der Waals surface area contributed by atoms with E-state index in [1.165, 1.54) is 11.0 Å². The van der Waals surface area contributed by atoms with Gasteiger partial charge in [0.05, 0.1) is 5.69 Å². The highest BCUT2D eigenvalue weighted by molar-refractivity contribution is 8.13. The maximum atomic E-state index is 12.2. The van der Waals surface area contributed by atoms with Crippen LogP contribution in [0.25, 0.3) is 11.7 Å². The van der Waals surface area contributed by atoms with E-state index in [1.54, 1.807) is 48.8 Å². The first-order valence-electron chi connectivity index (χ1n) is 8.05. The molecule has 3 aromatic rings. The monoisotopic (exact) mass is 400 g/mol. The van der Waals surface area contributed by atoms with Gasteiger partial charge in [-0.3, -0.25) is 14.0 Å². The Kier molecular flexibility index (Phi) is 5.83. The van der Waals surface area contributed by atoms with Crippen LogP contribution >= 0.6 is 23.4 Å². The van der Waals surface area contributed by atoms with Gasteiger partial charge in [0.2, 0.25) is 5.91 Å². The molecule has 2 amide bonds. The first kappa shape index (κ1) is 19.0. The van der Waals surface area contributed by atoms with Crippen molar-refractivity contribution in [2.75, 3.05) is 19.4 Å². The highest BCUT2D eigenvalue weighted by Gasteiger charge is 2.08. The quantitative estimate of drug-likeness (QED) is 0.520. The maximum absolute atomic E-state index is 12.2. The lowest BCUT2D eigenvalue weighted by atomic mass is 10.3. The fourth-order valence-corrected chi connectivity index (χ4v) is 3.17. The number of benzene rings is 1. The van der Waals surface area contributed by atoms with E-state index in [-0.39, 0.29) is 11.1 Å². The van der Waals surface area contributed by atoms with E-state index in [0.29, 0.717) is 22.2 Å². The predicted molar refractivity (Wildman–Crippen MR) is 109 cm³/mol. The number of thioether (sulfide) groups is 1. The lowest BCUT2D eigenvalue weighted by Gasteiger charge is -2.09. The van der Waals surface area contributed by atoms with E-state index < -0.39 is 0 Å². The molecule has 0 fully saturated rings. The fraction of sp³-hybridized carbons (Fsp3) is 0.105. The van der Waals surface area contributed by atoms with E-state index in [4.69, 9.17) is 11.6 Å². The first-order valence-corrected chi connectivity index (χ1v) is 9.24. The van der Waals surface area contributed by atoms with Gasteiger partial charge in [0.15, 0.2) is 5.15 Å². The van der Waals surface area contributed by atoms with Gasteiger partial charge < -0.3 is 10.2 Å². The van der Waals surface area contributed by atoms with Crippen molar-refractivity contribution in [3.63, 3.8) is 0 Å². The number of amides is 2. The summed E-state index contributed by atoms with van der Waals surface area (Å²) in [6, 6.07) is 12.6. The van der Waals surface area contributed by atoms with Crippen molar-refractivity contribution >= 4 is 51.9 Å². The second-order valence-electron chi connectivity index (χ2n) is 5.83. The predicted octanol–water partition coefficient (Wildman–Crippen LogP) is 4.41. The second kappa shape index (κ2) is 8.28. The number of fused-ring (bicyclic) bond motifs is 1. The van der Waals surface area contributed by atoms with Crippen LogP contribution in [0.4, 0.5) is 10.5 Å². The van der Waals surface area contributed by atoms with Crippen molar-refractivity contribution in [1.82, 2.24) is 14.3 Å². The zero-order valence-electron chi connectivity index (χ0n) is 14.7. The molecule has 2 aromatic heterocycles. The normalized spacial score (nSPS) is 11.1. The van der Waals surface area contributed by atoms with E-state index in [9.17, 15) is 9.59 Å². The highest BCUT2D eigenvalue weighted by atomic mass is 35.5. The smallest absolute Gasteiger partial charge is 0.285 e. The third kappa shape index (κ3) is 4.69. The van der Waals surface area contributed by atoms with Crippen molar-refractivity contribution in [2.24, 2.45) is 0 Å². The largest absolute Gasteiger partial charge is 0.339 e. The fourth-order valence-electron chi connectivity index (χ4n) is 2.27. The van der Waals surface area contributed by atoms with E-state index >= 15 is 0 Å². The average molecular weight is 401 g/mol. The number of anilines is 1. The summed E-state index contributed by atoms with van der Waals surface area (Å²) in [5.74, 6) is -0.290. The average Bonchev–Trinajstić information content (AvgIpc) is 2.96. The molecule has 0 unspecified atom stereocenters. The van der Waals surface area contributed by atoms with E-state index in [2.05, 4.69) is 10.3 Å². The van der Waals surface area contributed by atoms with Crippen molar-refractivity contribution in [2.45, 2.75) is 4.90 Å². The van der Waals surface area contributed by atoms with Gasteiger partial charge in [0, 0.05) is 37.0 Å². The minimum atomic E-state index is -0.290. The molecule has 3 rings (SSSR count). The minimum Gasteiger partial charge on any atom is -0.339 e. The molecule has 0 spiro atoms. The Hall–Kier alpha value is -2.77. The number of pyridine rings is 1. The number of carbonyl (C=O) groups is 2. The van der Waals surface area contributed by atoms with Gasteiger partial charge in [0.1, 0.15) is 5.65 Å². The van der Waals surface area contributed by atoms with E-state index in [0.717, 1.165) is 16.7 Å². The van der Waals surface area contributed by atoms with Crippen LogP contribution in [-0.2, 0) is 4.79 Å². The zero-order valence-corrected chi connectivity index (χ0v) is 16.3. The Labute approximate surface area is 165 Å². The number of halogens is 1. The van der Waals surface area contributed by atoms with Gasteiger partial charge in [-0.1, -0.05) is 17.7 Å². The molecule has 8 heteroatoms. The molecule has 0 saturated heterocycles. The molecule has 2 heterocycles. The van der Waals surface area contributed by atoms with Crippen LogP contribution in [0.3, 0.4) is 0 Å². The van der Waals surface area contributed by atoms with Gasteiger partial charge in [-0.2, -0.15) is 0 Å². The lowest BCUT2D eigenvalue weighted by molar-refractivity contribution is -0.111. The molecule has 0 aliphatic carbocycles. The summed E-state index contributed by atoms with van der Waals surface area (Å²) in [4.78, 5) is 30.4. The summed E-state index contributed by atoms with van der Waals surface area (Å²) in [6.45, 7) is 0. The van der Waals surface area contributed by atoms with Crippen LogP contribution in [0, 0.1) is 0 Å². The summed E-state index contributed by atoms with van der Waals surface area (Å²) in [6.07, 6.45) is 4.86. The third-order valence-electron chi connectivity index (χ3n) is 3.61. The number of nitrogens with one attached hydrogen (secondary N) is 1. The summed E-state index contributed by atoms with van der Waals surface area (Å²) >= 11 is 7.27. The lowest BCUT2D eigenvalue weighted by Crippen LogP contribution is -2.16. The van der Waals surface area contributed by atoms with Crippen LogP contribution < -0.4 is 5.32 Å². The topological polar surface area (TPSA) is 66.7 Å². The van der Waals surface area contributed by atoms with Crippen molar-refractivity contribution in [3.05, 3.63) is 65.6 Å². The molecule has 0 saturated carbocycles. The number of aromatic nitrogens is 2. The summed E-state index contributed by atoms with van der Waals surface area (Å²) in [5, 5.41) is 3.05. The number of hydrogen-bond donors (Lipinski definition) is 1. The number of nitrogens with zero attached hydrogens (tertiary/aromatic N) is 3. The summed E-state index contributed by atoms with van der Waals surface area (Å²) < 4.78 is 1.81. The standard InChI is InChI=1S/C19H17ClN4O2S/c1-23(2)19(26)27-14-8-6-13(7-9-14)21-17(25)11-10-15-18(20)22-16-5-3-4-12-24(15)16/h3-12H,1-2H3,(H,21,25)/b11-10+. The third-order valence-corrected chi connectivity index (χ3v) is 4.93. The van der Waals surface area contributed by atoms with Gasteiger partial charge in [-0.25, -0.2) is 4.98 Å². The Morgan fingerprint density at radius 1 is 1.19 bits per heavy atom. The molecular formula is C19H17ClN4O2S. The van der Waals surface area contributed by atoms with Crippen molar-refractivity contribution < 1.29 is 9.59 Å². The van der Waals surface area contributed by atoms with Gasteiger partial charge in [-0.15, -0.1) is 0 Å². The van der Waals surface area contributed by atoms with Crippen molar-refractivity contribution in [1.29, 1.82) is 0 Å². The van der Waals surface area contributed by atoms with E-state index in [1.807, 2.05) is 24.4 Å². The number of hydrogen-bond acceptors (Lipinski definition) is 4. The van der Waals surface area contributed by atoms with Crippen LogP contribution in [0.5, 0.6) is 0 Å². The number of carbonyl (C=O) groups excluding carboxylic acids is 2. The molecule has 27 heavy (non-hydrogen) atoms. The molecule has 0 bridgehead atoms. The molecule has 0 radical (unpaired) electrons. The minimum absolute atomic E-state index is 0.0559. The van der Waals surface area contributed by atoms with Gasteiger partial charge >= 0.3 is 0 Å². The molecule has 0 aliphatic heterocycles. The van der Waals surface area contributed by atoms with Crippen molar-refractivity contribution in [3.8, 4) is 0 Å². The van der Waals surface area contributed by atoms with Crippen LogP contribution in [0.2, 0.25) is 5.15 Å². The summed E-state index contributed by atoms with van der Waals surface area (Å²) in [7, 11) is 3.40. The SMILES string of the molecule is CN(C)C(=O)Sc1ccc(NC(=O)/C=C/c2c(Cl)nc3ccccn23)cc1. The number of rotatable bonds is 4. The Balaban J connectivity index is 1.66. The van der Waals surface area contributed by atoms with Crippen LogP contribution in [0.1, 0.15) is 5.69 Å². The highest BCUT2D eigenvalue weighted by Crippen LogP contribution is 2.23. The van der Waals surface area contributed by atoms with Crippen LogP contribution in [0.15, 0.2) is 59.6 Å². The molecule has 0 atom stereocenters. The molecule has 6 nitrogen and oxygen atoms in total. The zero-order chi connectivity index (χ0) is 19.4. The van der Waals surface area contributed by atoms with Crippen LogP contribution in [-0.4, -0.2) is 39.5 Å². The van der Waals surface area contributed by atoms with Gasteiger partial charge in [-0.05, 0) is 54.2 Å². The Morgan fingerprint density at radius 2 is 1.93 bits per heavy atom. The number of imidazole rings is 1. The second-order valence-corrected chi connectivity index (χ2v) is 7.21. The summed E-state index contributed by atoms with van der Waals surface area (Å²) in [5.41, 5.74) is 1.98. The first-order chi connectivity index (χ1) is 12.9. The van der Waals surface area contributed by atoms with Gasteiger partial charge in [0.25, 0.3) is 5.24 Å². The molecule has 1 N–H and O–H groups in total. The molecule has 1 aromatic carbocycles. The Morgan fingerprint density at radius 3 is 2.63 bits per heavy atom. The molecule has 0 aliphatic rings. The molecule has 138 valence electrons. The Bertz CT molecular complexity index is 1010. The molecular weight excluding hydrogens is 384 g/mol.